The average molecular weight is 190 g/mol. The number of rotatable bonds is 4. The van der Waals surface area contributed by atoms with Crippen molar-refractivity contribution in [3.8, 4) is 0 Å². The molecule has 0 aromatic heterocycles. The maximum Gasteiger partial charge on any atom is -0.0188 e. The highest BCUT2D eigenvalue weighted by Crippen LogP contribution is 2.25. The third-order valence-electron chi connectivity index (χ3n) is 2.93. The second kappa shape index (κ2) is 5.19. The molecule has 0 nitrogen and oxygen atoms in total. The molecular weight excluding hydrogens is 168 g/mol. The fraction of sp³-hybridized carbons (Fsp3) is 0.571. The van der Waals surface area contributed by atoms with Gasteiger partial charge in [0, 0.05) is 0 Å². The molecule has 0 aliphatic rings. The van der Waals surface area contributed by atoms with Gasteiger partial charge in [0.15, 0.2) is 0 Å². The van der Waals surface area contributed by atoms with E-state index < -0.39 is 0 Å². The van der Waals surface area contributed by atoms with Crippen molar-refractivity contribution in [2.75, 3.05) is 0 Å². The molecule has 0 aliphatic heterocycles. The first-order valence-corrected chi connectivity index (χ1v) is 5.78. The van der Waals surface area contributed by atoms with E-state index in [1.807, 2.05) is 0 Å². The summed E-state index contributed by atoms with van der Waals surface area (Å²) in [7, 11) is 0. The van der Waals surface area contributed by atoms with Crippen molar-refractivity contribution in [3.63, 3.8) is 0 Å². The average Bonchev–Trinajstić information content (AvgIpc) is 2.18. The molecule has 1 unspecified atom stereocenters. The molecule has 0 bridgehead atoms. The van der Waals surface area contributed by atoms with Gasteiger partial charge >= 0.3 is 0 Å². The summed E-state index contributed by atoms with van der Waals surface area (Å²) in [5.41, 5.74) is 4.48. The molecule has 1 rings (SSSR count). The first-order valence-electron chi connectivity index (χ1n) is 5.78. The van der Waals surface area contributed by atoms with Crippen LogP contribution < -0.4 is 0 Å². The van der Waals surface area contributed by atoms with Gasteiger partial charge in [0.1, 0.15) is 0 Å². The van der Waals surface area contributed by atoms with E-state index in [1.54, 1.807) is 5.56 Å². The standard InChI is InChI=1S/C14H22/c1-5-7-12(4)14-10-11(3)8-9-13(14)6-2/h8-10,12H,5-7H2,1-4H3. The molecule has 0 heterocycles. The highest BCUT2D eigenvalue weighted by atomic mass is 14.1. The van der Waals surface area contributed by atoms with E-state index >= 15 is 0 Å². The molecule has 0 radical (unpaired) electrons. The van der Waals surface area contributed by atoms with E-state index in [9.17, 15) is 0 Å². The third-order valence-corrected chi connectivity index (χ3v) is 2.93. The number of hydrogen-bond acceptors (Lipinski definition) is 0. The first-order chi connectivity index (χ1) is 6.69. The Balaban J connectivity index is 2.97. The van der Waals surface area contributed by atoms with Crippen LogP contribution in [0.3, 0.4) is 0 Å². The van der Waals surface area contributed by atoms with E-state index in [0.717, 1.165) is 12.3 Å². The highest BCUT2D eigenvalue weighted by molar-refractivity contribution is 5.33. The van der Waals surface area contributed by atoms with Gasteiger partial charge in [0.05, 0.1) is 0 Å². The Labute approximate surface area is 88.4 Å². The first kappa shape index (κ1) is 11.3. The lowest BCUT2D eigenvalue weighted by Gasteiger charge is -2.15. The summed E-state index contributed by atoms with van der Waals surface area (Å²) in [5, 5.41) is 0. The molecule has 1 atom stereocenters. The van der Waals surface area contributed by atoms with Crippen LogP contribution in [0.25, 0.3) is 0 Å². The SMILES string of the molecule is CCCC(C)c1cc(C)ccc1CC. The van der Waals surface area contributed by atoms with Crippen molar-refractivity contribution < 1.29 is 0 Å². The van der Waals surface area contributed by atoms with Gasteiger partial charge < -0.3 is 0 Å². The molecule has 0 saturated heterocycles. The molecule has 0 spiro atoms. The summed E-state index contributed by atoms with van der Waals surface area (Å²) in [6, 6.07) is 6.87. The van der Waals surface area contributed by atoms with Gasteiger partial charge in [-0.05, 0) is 36.8 Å². The summed E-state index contributed by atoms with van der Waals surface area (Å²) in [5.74, 6) is 0.717. The van der Waals surface area contributed by atoms with Crippen LogP contribution in [-0.4, -0.2) is 0 Å². The summed E-state index contributed by atoms with van der Waals surface area (Å²) >= 11 is 0. The fourth-order valence-electron chi connectivity index (χ4n) is 2.08. The van der Waals surface area contributed by atoms with E-state index in [-0.39, 0.29) is 0 Å². The van der Waals surface area contributed by atoms with E-state index in [4.69, 9.17) is 0 Å². The zero-order chi connectivity index (χ0) is 10.6. The summed E-state index contributed by atoms with van der Waals surface area (Å²) in [6.45, 7) is 9.03. The van der Waals surface area contributed by atoms with Gasteiger partial charge in [-0.15, -0.1) is 0 Å². The van der Waals surface area contributed by atoms with Crippen molar-refractivity contribution in [1.29, 1.82) is 0 Å². The number of benzene rings is 1. The molecule has 14 heavy (non-hydrogen) atoms. The Morgan fingerprint density at radius 3 is 2.50 bits per heavy atom. The monoisotopic (exact) mass is 190 g/mol. The minimum atomic E-state index is 0.717. The molecule has 0 heteroatoms. The topological polar surface area (TPSA) is 0 Å². The molecule has 1 aromatic carbocycles. The quantitative estimate of drug-likeness (QED) is 0.657. The van der Waals surface area contributed by atoms with Crippen molar-refractivity contribution in [3.05, 3.63) is 34.9 Å². The second-order valence-electron chi connectivity index (χ2n) is 4.25. The van der Waals surface area contributed by atoms with E-state index in [1.165, 1.54) is 24.0 Å². The highest BCUT2D eigenvalue weighted by Gasteiger charge is 2.08. The van der Waals surface area contributed by atoms with Crippen LogP contribution >= 0.6 is 0 Å². The maximum atomic E-state index is 2.36. The molecule has 1 aromatic rings. The Bertz CT molecular complexity index is 286. The molecule has 0 aliphatic carbocycles. The van der Waals surface area contributed by atoms with Crippen LogP contribution in [0.5, 0.6) is 0 Å². The Hall–Kier alpha value is -0.780. The van der Waals surface area contributed by atoms with Crippen molar-refractivity contribution in [1.82, 2.24) is 0 Å². The summed E-state index contributed by atoms with van der Waals surface area (Å²) in [6.07, 6.45) is 3.73. The van der Waals surface area contributed by atoms with Gasteiger partial charge in [0.2, 0.25) is 0 Å². The lowest BCUT2D eigenvalue weighted by molar-refractivity contribution is 0.658. The van der Waals surface area contributed by atoms with Gasteiger partial charge in [-0.1, -0.05) is 51.0 Å². The minimum Gasteiger partial charge on any atom is -0.0654 e. The molecule has 0 saturated carbocycles. The zero-order valence-electron chi connectivity index (χ0n) is 9.93. The fourth-order valence-corrected chi connectivity index (χ4v) is 2.08. The van der Waals surface area contributed by atoms with Crippen molar-refractivity contribution in [2.24, 2.45) is 0 Å². The van der Waals surface area contributed by atoms with Crippen molar-refractivity contribution >= 4 is 0 Å². The Morgan fingerprint density at radius 1 is 1.21 bits per heavy atom. The van der Waals surface area contributed by atoms with E-state index in [2.05, 4.69) is 45.9 Å². The number of aryl methyl sites for hydroxylation is 2. The van der Waals surface area contributed by atoms with Crippen LogP contribution in [0.2, 0.25) is 0 Å². The molecular formula is C14H22. The summed E-state index contributed by atoms with van der Waals surface area (Å²) in [4.78, 5) is 0. The van der Waals surface area contributed by atoms with Crippen LogP contribution in [0.15, 0.2) is 18.2 Å². The minimum absolute atomic E-state index is 0.717. The zero-order valence-corrected chi connectivity index (χ0v) is 9.93. The van der Waals surface area contributed by atoms with Crippen LogP contribution in [0, 0.1) is 6.92 Å². The van der Waals surface area contributed by atoms with Gasteiger partial charge in [-0.2, -0.15) is 0 Å². The predicted molar refractivity (Wildman–Crippen MR) is 63.9 cm³/mol. The predicted octanol–water partition coefficient (Wildman–Crippen LogP) is 4.46. The molecule has 0 fully saturated rings. The normalized spacial score (nSPS) is 12.9. The molecule has 78 valence electrons. The lowest BCUT2D eigenvalue weighted by atomic mass is 9.90. The lowest BCUT2D eigenvalue weighted by Crippen LogP contribution is -1.99. The third kappa shape index (κ3) is 2.60. The maximum absolute atomic E-state index is 2.36. The van der Waals surface area contributed by atoms with Gasteiger partial charge in [0.25, 0.3) is 0 Å². The smallest absolute Gasteiger partial charge is 0.0188 e. The van der Waals surface area contributed by atoms with Crippen LogP contribution in [-0.2, 0) is 6.42 Å². The van der Waals surface area contributed by atoms with Crippen molar-refractivity contribution in [2.45, 2.75) is 52.9 Å². The molecule has 0 N–H and O–H groups in total. The van der Waals surface area contributed by atoms with E-state index in [0.29, 0.717) is 0 Å². The number of hydrogen-bond donors (Lipinski definition) is 0. The van der Waals surface area contributed by atoms with Gasteiger partial charge in [-0.25, -0.2) is 0 Å². The second-order valence-corrected chi connectivity index (χ2v) is 4.25. The van der Waals surface area contributed by atoms with Crippen LogP contribution in [0.4, 0.5) is 0 Å². The molecule has 0 amide bonds. The summed E-state index contributed by atoms with van der Waals surface area (Å²) < 4.78 is 0. The van der Waals surface area contributed by atoms with Gasteiger partial charge in [-0.3, -0.25) is 0 Å². The van der Waals surface area contributed by atoms with Crippen LogP contribution in [0.1, 0.15) is 56.2 Å². The Morgan fingerprint density at radius 2 is 1.93 bits per heavy atom. The largest absolute Gasteiger partial charge is 0.0654 e. The Kier molecular flexibility index (Phi) is 4.19.